The molecule has 1 saturated heterocycles. The quantitative estimate of drug-likeness (QED) is 0.443. The van der Waals surface area contributed by atoms with Gasteiger partial charge in [-0.25, -0.2) is 9.97 Å². The molecule has 10 nitrogen and oxygen atoms in total. The average Bonchev–Trinajstić information content (AvgIpc) is 3.29. The van der Waals surface area contributed by atoms with Crippen molar-refractivity contribution in [3.63, 3.8) is 0 Å². The van der Waals surface area contributed by atoms with E-state index < -0.39 is 0 Å². The number of aromatic nitrogens is 4. The van der Waals surface area contributed by atoms with Crippen molar-refractivity contribution in [1.82, 2.24) is 30.0 Å². The van der Waals surface area contributed by atoms with Crippen LogP contribution in [0.1, 0.15) is 43.9 Å². The molecule has 3 aromatic rings. The summed E-state index contributed by atoms with van der Waals surface area (Å²) in [6, 6.07) is 11.2. The minimum absolute atomic E-state index is 0.00922. The van der Waals surface area contributed by atoms with Gasteiger partial charge in [-0.15, -0.1) is 0 Å². The maximum Gasteiger partial charge on any atom is 0.272 e. The van der Waals surface area contributed by atoms with E-state index in [2.05, 4.69) is 25.6 Å². The van der Waals surface area contributed by atoms with Crippen LogP contribution in [0.5, 0.6) is 0 Å². The highest BCUT2D eigenvalue weighted by atomic mass is 35.5. The largest absolute Gasteiger partial charge is 0.368 e. The average molecular weight is 539 g/mol. The van der Waals surface area contributed by atoms with Gasteiger partial charge in [0.1, 0.15) is 17.3 Å². The second-order valence-corrected chi connectivity index (χ2v) is 10.8. The molecule has 2 aromatic heterocycles. The second-order valence-electron chi connectivity index (χ2n) is 10.4. The molecule has 0 atom stereocenters. The van der Waals surface area contributed by atoms with Gasteiger partial charge < -0.3 is 20.4 Å². The van der Waals surface area contributed by atoms with Crippen molar-refractivity contribution in [2.45, 2.75) is 40.2 Å². The fraction of sp³-hybridized carbons (Fsp3) is 0.444. The van der Waals surface area contributed by atoms with E-state index in [4.69, 9.17) is 16.6 Å². The number of carbonyl (C=O) groups excluding carboxylic acids is 2. The zero-order valence-electron chi connectivity index (χ0n) is 22.6. The second kappa shape index (κ2) is 11.4. The Balaban J connectivity index is 1.51. The maximum atomic E-state index is 13.4. The Labute approximate surface area is 228 Å². The van der Waals surface area contributed by atoms with Crippen molar-refractivity contribution in [2.24, 2.45) is 0 Å². The van der Waals surface area contributed by atoms with Crippen molar-refractivity contribution in [3.8, 4) is 11.4 Å². The summed E-state index contributed by atoms with van der Waals surface area (Å²) in [7, 11) is 0. The highest BCUT2D eigenvalue weighted by Gasteiger charge is 2.29. The minimum atomic E-state index is -0.288. The molecule has 1 fully saturated rings. The molecule has 0 unspecified atom stereocenters. The van der Waals surface area contributed by atoms with Crippen molar-refractivity contribution in [1.29, 1.82) is 0 Å². The molecule has 0 bridgehead atoms. The van der Waals surface area contributed by atoms with E-state index in [1.54, 1.807) is 0 Å². The standard InChI is InChI=1S/C27H35ClN8O2/c1-18-16-22(36(33-18)27(3,4)5)26(38)35-14-12-34(13-15-35)24-17-23(30-11-10-29-19(2)37)31-25(32-24)20-6-8-21(28)9-7-20/h6-9,16-17H,10-15H2,1-5H3,(H,29,37)(H,30,31,32). The highest BCUT2D eigenvalue weighted by molar-refractivity contribution is 6.30. The molecule has 0 saturated carbocycles. The van der Waals surface area contributed by atoms with Gasteiger partial charge in [-0.1, -0.05) is 11.6 Å². The van der Waals surface area contributed by atoms with Crippen LogP contribution in [0, 0.1) is 6.92 Å². The predicted molar refractivity (Wildman–Crippen MR) is 150 cm³/mol. The van der Waals surface area contributed by atoms with Crippen LogP contribution < -0.4 is 15.5 Å². The van der Waals surface area contributed by atoms with Crippen LogP contribution in [0.15, 0.2) is 36.4 Å². The molecule has 2 N–H and O–H groups in total. The fourth-order valence-corrected chi connectivity index (χ4v) is 4.43. The number of carbonyl (C=O) groups is 2. The molecule has 0 aliphatic carbocycles. The lowest BCUT2D eigenvalue weighted by Crippen LogP contribution is -2.49. The molecular weight excluding hydrogens is 504 g/mol. The smallest absolute Gasteiger partial charge is 0.272 e. The van der Waals surface area contributed by atoms with E-state index in [-0.39, 0.29) is 17.4 Å². The lowest BCUT2D eigenvalue weighted by Gasteiger charge is -2.36. The molecule has 1 aliphatic heterocycles. The molecule has 0 spiro atoms. The van der Waals surface area contributed by atoms with E-state index >= 15 is 0 Å². The Kier molecular flexibility index (Phi) is 8.20. The molecule has 11 heteroatoms. The molecule has 38 heavy (non-hydrogen) atoms. The summed E-state index contributed by atoms with van der Waals surface area (Å²) < 4.78 is 1.82. The van der Waals surface area contributed by atoms with Crippen molar-refractivity contribution < 1.29 is 9.59 Å². The SMILES string of the molecule is CC(=O)NCCNc1cc(N2CCN(C(=O)c3cc(C)nn3C(C)(C)C)CC2)nc(-c2ccc(Cl)cc2)n1. The normalized spacial score (nSPS) is 13.9. The third kappa shape index (κ3) is 6.61. The lowest BCUT2D eigenvalue weighted by atomic mass is 10.1. The third-order valence-electron chi connectivity index (χ3n) is 6.20. The number of hydrogen-bond acceptors (Lipinski definition) is 7. The molecular formula is C27H35ClN8O2. The van der Waals surface area contributed by atoms with Gasteiger partial charge in [-0.3, -0.25) is 14.3 Å². The number of piperazine rings is 1. The number of benzene rings is 1. The number of nitrogens with zero attached hydrogens (tertiary/aromatic N) is 6. The van der Waals surface area contributed by atoms with Crippen LogP contribution in [0.25, 0.3) is 11.4 Å². The first-order valence-corrected chi connectivity index (χ1v) is 13.1. The van der Waals surface area contributed by atoms with Gasteiger partial charge >= 0.3 is 0 Å². The zero-order valence-corrected chi connectivity index (χ0v) is 23.3. The number of amides is 2. The molecule has 202 valence electrons. The minimum Gasteiger partial charge on any atom is -0.368 e. The lowest BCUT2D eigenvalue weighted by molar-refractivity contribution is -0.118. The van der Waals surface area contributed by atoms with Crippen molar-refractivity contribution in [2.75, 3.05) is 49.5 Å². The predicted octanol–water partition coefficient (Wildman–Crippen LogP) is 3.57. The van der Waals surface area contributed by atoms with Crippen LogP contribution in [-0.2, 0) is 10.3 Å². The first-order chi connectivity index (χ1) is 18.0. The number of halogens is 1. The van der Waals surface area contributed by atoms with Crippen LogP contribution in [0.4, 0.5) is 11.6 Å². The summed E-state index contributed by atoms with van der Waals surface area (Å²) >= 11 is 6.08. The number of aryl methyl sites for hydroxylation is 1. The van der Waals surface area contributed by atoms with Crippen LogP contribution in [-0.4, -0.2) is 75.7 Å². The van der Waals surface area contributed by atoms with E-state index in [1.165, 1.54) is 6.92 Å². The monoisotopic (exact) mass is 538 g/mol. The summed E-state index contributed by atoms with van der Waals surface area (Å²) in [4.78, 5) is 38.2. The fourth-order valence-electron chi connectivity index (χ4n) is 4.31. The third-order valence-corrected chi connectivity index (χ3v) is 6.45. The summed E-state index contributed by atoms with van der Waals surface area (Å²) in [6.07, 6.45) is 0. The summed E-state index contributed by atoms with van der Waals surface area (Å²) in [5, 5.41) is 11.3. The van der Waals surface area contributed by atoms with Crippen LogP contribution in [0.2, 0.25) is 5.02 Å². The summed E-state index contributed by atoms with van der Waals surface area (Å²) in [6.45, 7) is 13.0. The van der Waals surface area contributed by atoms with Crippen molar-refractivity contribution >= 4 is 35.1 Å². The first kappa shape index (κ1) is 27.4. The zero-order chi connectivity index (χ0) is 27.4. The molecule has 1 aliphatic rings. The summed E-state index contributed by atoms with van der Waals surface area (Å²) in [5.41, 5.74) is 2.00. The highest BCUT2D eigenvalue weighted by Crippen LogP contribution is 2.25. The van der Waals surface area contributed by atoms with Gasteiger partial charge in [0.15, 0.2) is 5.82 Å². The van der Waals surface area contributed by atoms with Gasteiger partial charge in [0.25, 0.3) is 5.91 Å². The maximum absolute atomic E-state index is 13.4. The Morgan fingerprint density at radius 2 is 1.68 bits per heavy atom. The Morgan fingerprint density at radius 1 is 1.00 bits per heavy atom. The first-order valence-electron chi connectivity index (χ1n) is 12.8. The molecule has 0 radical (unpaired) electrons. The van der Waals surface area contributed by atoms with E-state index in [0.29, 0.717) is 61.6 Å². The topological polar surface area (TPSA) is 108 Å². The van der Waals surface area contributed by atoms with Crippen LogP contribution >= 0.6 is 11.6 Å². The van der Waals surface area contributed by atoms with Gasteiger partial charge in [-0.2, -0.15) is 5.10 Å². The van der Waals surface area contributed by atoms with Gasteiger partial charge in [0.2, 0.25) is 5.91 Å². The van der Waals surface area contributed by atoms with Gasteiger partial charge in [0.05, 0.1) is 11.2 Å². The number of nitrogens with one attached hydrogen (secondary N) is 2. The Bertz CT molecular complexity index is 1290. The van der Waals surface area contributed by atoms with Crippen LogP contribution in [0.3, 0.4) is 0 Å². The van der Waals surface area contributed by atoms with Gasteiger partial charge in [-0.05, 0) is 58.0 Å². The van der Waals surface area contributed by atoms with Crippen molar-refractivity contribution in [3.05, 3.63) is 52.8 Å². The Hall–Kier alpha value is -3.66. The molecule has 4 rings (SSSR count). The molecule has 1 aromatic carbocycles. The van der Waals surface area contributed by atoms with Gasteiger partial charge in [0, 0.05) is 62.8 Å². The molecule has 3 heterocycles. The van der Waals surface area contributed by atoms with E-state index in [0.717, 1.165) is 17.1 Å². The van der Waals surface area contributed by atoms with E-state index in [9.17, 15) is 9.59 Å². The van der Waals surface area contributed by atoms with E-state index in [1.807, 2.05) is 73.7 Å². The number of rotatable bonds is 7. The summed E-state index contributed by atoms with van der Waals surface area (Å²) in [5.74, 6) is 1.92. The molecule has 2 amide bonds. The number of hydrogen-bond donors (Lipinski definition) is 2. The number of anilines is 2. The Morgan fingerprint density at radius 3 is 2.32 bits per heavy atom.